The zero-order valence-electron chi connectivity index (χ0n) is 7.51. The maximum Gasteiger partial charge on any atom is 0.0965 e. The van der Waals surface area contributed by atoms with Gasteiger partial charge in [0.2, 0.25) is 0 Å². The zero-order valence-corrected chi connectivity index (χ0v) is 10.7. The summed E-state index contributed by atoms with van der Waals surface area (Å²) in [4.78, 5) is 0. The average Bonchev–Trinajstić information content (AvgIpc) is 2.19. The maximum atomic E-state index is 8.71. The smallest absolute Gasteiger partial charge is 0.0965 e. The first-order valence-corrected chi connectivity index (χ1v) is 5.46. The fourth-order valence-electron chi connectivity index (χ4n) is 0.966. The zero-order chi connectivity index (χ0) is 10.7. The van der Waals surface area contributed by atoms with Crippen molar-refractivity contribution in [3.8, 4) is 6.07 Å². The molecule has 1 aromatic rings. The summed E-state index contributed by atoms with van der Waals surface area (Å²) in [5.74, 6) is 0. The Morgan fingerprint density at radius 2 is 2.07 bits per heavy atom. The average molecular weight is 316 g/mol. The minimum absolute atomic E-state index is 0.501. The van der Waals surface area contributed by atoms with Crippen LogP contribution in [0.1, 0.15) is 12.5 Å². The molecule has 0 fully saturated rings. The summed E-state index contributed by atoms with van der Waals surface area (Å²) >= 11 is 6.74. The molecule has 0 amide bonds. The van der Waals surface area contributed by atoms with Crippen LogP contribution in [0, 0.1) is 11.3 Å². The minimum Gasteiger partial charge on any atom is -0.397 e. The van der Waals surface area contributed by atoms with Gasteiger partial charge >= 0.3 is 0 Å². The van der Waals surface area contributed by atoms with E-state index in [4.69, 9.17) is 11.0 Å². The molecule has 0 heterocycles. The molecule has 0 aliphatic rings. The van der Waals surface area contributed by atoms with Crippen LogP contribution in [0.15, 0.2) is 32.7 Å². The third-order valence-electron chi connectivity index (χ3n) is 1.79. The molecule has 4 heteroatoms. The Morgan fingerprint density at radius 1 is 1.43 bits per heavy atom. The van der Waals surface area contributed by atoms with Crippen LogP contribution in [0.3, 0.4) is 0 Å². The van der Waals surface area contributed by atoms with Crippen LogP contribution in [-0.4, -0.2) is 0 Å². The minimum atomic E-state index is 0.501. The Morgan fingerprint density at radius 3 is 2.64 bits per heavy atom. The molecule has 0 bridgehead atoms. The van der Waals surface area contributed by atoms with E-state index in [0.717, 1.165) is 14.5 Å². The normalized spacial score (nSPS) is 11.9. The number of allylic oxidation sites excluding steroid dienone is 1. The van der Waals surface area contributed by atoms with Gasteiger partial charge in [-0.1, -0.05) is 31.9 Å². The lowest BCUT2D eigenvalue weighted by Gasteiger charge is -2.06. The third kappa shape index (κ3) is 2.37. The number of benzene rings is 1. The van der Waals surface area contributed by atoms with Crippen molar-refractivity contribution in [1.82, 2.24) is 0 Å². The van der Waals surface area contributed by atoms with Crippen molar-refractivity contribution in [2.45, 2.75) is 6.92 Å². The van der Waals surface area contributed by atoms with Gasteiger partial charge in [-0.05, 0) is 25.1 Å². The first-order valence-electron chi connectivity index (χ1n) is 3.88. The lowest BCUT2D eigenvalue weighted by Crippen LogP contribution is -2.00. The fourth-order valence-corrected chi connectivity index (χ4v) is 1.79. The number of nitrogens with two attached hydrogens (primary N) is 1. The van der Waals surface area contributed by atoms with Gasteiger partial charge in [-0.3, -0.25) is 0 Å². The topological polar surface area (TPSA) is 49.8 Å². The Kier molecular flexibility index (Phi) is 3.73. The summed E-state index contributed by atoms with van der Waals surface area (Å²) in [5, 5.41) is 8.71. The number of hydrogen-bond donors (Lipinski definition) is 1. The maximum absolute atomic E-state index is 8.71. The highest BCUT2D eigenvalue weighted by Crippen LogP contribution is 2.26. The quantitative estimate of drug-likeness (QED) is 0.807. The van der Waals surface area contributed by atoms with E-state index in [1.165, 1.54) is 0 Å². The number of rotatable bonds is 1. The monoisotopic (exact) mass is 314 g/mol. The molecule has 2 N–H and O–H groups in total. The molecule has 1 aromatic carbocycles. The van der Waals surface area contributed by atoms with E-state index in [1.54, 1.807) is 6.92 Å². The van der Waals surface area contributed by atoms with Crippen molar-refractivity contribution >= 4 is 37.6 Å². The highest BCUT2D eigenvalue weighted by Gasteiger charge is 2.06. The van der Waals surface area contributed by atoms with Gasteiger partial charge in [0, 0.05) is 20.1 Å². The molecular weight excluding hydrogens is 308 g/mol. The molecule has 0 spiro atoms. The number of halogens is 2. The third-order valence-corrected chi connectivity index (χ3v) is 2.98. The molecule has 0 aliphatic heterocycles. The lowest BCUT2D eigenvalue weighted by molar-refractivity contribution is 1.38. The van der Waals surface area contributed by atoms with Crippen LogP contribution in [-0.2, 0) is 0 Å². The molecule has 0 saturated heterocycles. The molecule has 0 unspecified atom stereocenters. The molecule has 0 saturated carbocycles. The molecule has 0 aromatic heterocycles. The standard InChI is InChI=1S/C10H8Br2N2/c1-6(5-13)10(14)8-4-7(11)2-3-9(8)12/h2-4H,14H2,1H3/b10-6-. The molecule has 14 heavy (non-hydrogen) atoms. The predicted molar refractivity (Wildman–Crippen MR) is 64.2 cm³/mol. The van der Waals surface area contributed by atoms with Gasteiger partial charge in [0.1, 0.15) is 0 Å². The lowest BCUT2D eigenvalue weighted by atomic mass is 10.1. The van der Waals surface area contributed by atoms with E-state index in [0.29, 0.717) is 11.3 Å². The van der Waals surface area contributed by atoms with Crippen molar-refractivity contribution < 1.29 is 0 Å². The summed E-state index contributed by atoms with van der Waals surface area (Å²) in [6, 6.07) is 7.69. The van der Waals surface area contributed by atoms with Crippen molar-refractivity contribution in [2.24, 2.45) is 5.73 Å². The molecule has 72 valence electrons. The Balaban J connectivity index is 3.34. The van der Waals surface area contributed by atoms with Crippen LogP contribution < -0.4 is 5.73 Å². The molecule has 1 rings (SSSR count). The summed E-state index contributed by atoms with van der Waals surface area (Å²) in [5.41, 5.74) is 7.67. The molecule has 2 nitrogen and oxygen atoms in total. The van der Waals surface area contributed by atoms with Gasteiger partial charge in [0.15, 0.2) is 0 Å². The second-order valence-corrected chi connectivity index (χ2v) is 4.54. The van der Waals surface area contributed by atoms with Gasteiger partial charge in [0.25, 0.3) is 0 Å². The summed E-state index contributed by atoms with van der Waals surface area (Å²) in [6.45, 7) is 1.70. The summed E-state index contributed by atoms with van der Waals surface area (Å²) in [6.07, 6.45) is 0. The van der Waals surface area contributed by atoms with E-state index in [2.05, 4.69) is 31.9 Å². The van der Waals surface area contributed by atoms with Crippen LogP contribution in [0.4, 0.5) is 0 Å². The number of nitriles is 1. The predicted octanol–water partition coefficient (Wildman–Crippen LogP) is 3.42. The second kappa shape index (κ2) is 4.63. The fraction of sp³-hybridized carbons (Fsp3) is 0.100. The van der Waals surface area contributed by atoms with Crippen molar-refractivity contribution in [2.75, 3.05) is 0 Å². The molecule has 0 radical (unpaired) electrons. The van der Waals surface area contributed by atoms with Crippen LogP contribution >= 0.6 is 31.9 Å². The largest absolute Gasteiger partial charge is 0.397 e. The van der Waals surface area contributed by atoms with E-state index < -0.39 is 0 Å². The first-order chi connectivity index (χ1) is 6.56. The van der Waals surface area contributed by atoms with E-state index in [-0.39, 0.29) is 0 Å². The Labute approximate surface area is 99.7 Å². The SMILES string of the molecule is C/C(C#N)=C(/N)c1cc(Br)ccc1Br. The van der Waals surface area contributed by atoms with Gasteiger partial charge < -0.3 is 5.73 Å². The van der Waals surface area contributed by atoms with E-state index >= 15 is 0 Å². The highest BCUT2D eigenvalue weighted by atomic mass is 79.9. The van der Waals surface area contributed by atoms with Gasteiger partial charge in [-0.2, -0.15) is 5.26 Å². The van der Waals surface area contributed by atoms with Gasteiger partial charge in [-0.25, -0.2) is 0 Å². The molecular formula is C10H8Br2N2. The van der Waals surface area contributed by atoms with Gasteiger partial charge in [0.05, 0.1) is 11.8 Å². The Hall–Kier alpha value is -0.790. The number of nitrogens with zero attached hydrogens (tertiary/aromatic N) is 1. The van der Waals surface area contributed by atoms with Crippen molar-refractivity contribution in [3.63, 3.8) is 0 Å². The molecule has 0 atom stereocenters. The van der Waals surface area contributed by atoms with Crippen molar-refractivity contribution in [1.29, 1.82) is 5.26 Å². The van der Waals surface area contributed by atoms with Crippen LogP contribution in [0.25, 0.3) is 5.70 Å². The second-order valence-electron chi connectivity index (χ2n) is 2.77. The van der Waals surface area contributed by atoms with Gasteiger partial charge in [-0.15, -0.1) is 0 Å². The summed E-state index contributed by atoms with van der Waals surface area (Å²) in [7, 11) is 0. The van der Waals surface area contributed by atoms with E-state index in [1.807, 2.05) is 24.3 Å². The van der Waals surface area contributed by atoms with Crippen molar-refractivity contribution in [3.05, 3.63) is 38.3 Å². The van der Waals surface area contributed by atoms with E-state index in [9.17, 15) is 0 Å². The summed E-state index contributed by atoms with van der Waals surface area (Å²) < 4.78 is 1.82. The Bertz CT molecular complexity index is 430. The first kappa shape index (κ1) is 11.3. The molecule has 0 aliphatic carbocycles. The van der Waals surface area contributed by atoms with Crippen LogP contribution in [0.2, 0.25) is 0 Å². The van der Waals surface area contributed by atoms with Crippen LogP contribution in [0.5, 0.6) is 0 Å². The number of hydrogen-bond acceptors (Lipinski definition) is 2. The highest BCUT2D eigenvalue weighted by molar-refractivity contribution is 9.11.